The molecule has 0 spiro atoms. The van der Waals surface area contributed by atoms with Crippen molar-refractivity contribution in [2.24, 2.45) is 5.92 Å². The Kier molecular flexibility index (Phi) is 7.40. The van der Waals surface area contributed by atoms with Gasteiger partial charge in [-0.1, -0.05) is 19.9 Å². The monoisotopic (exact) mass is 376 g/mol. The van der Waals surface area contributed by atoms with Crippen molar-refractivity contribution in [2.45, 2.75) is 39.0 Å². The first-order valence-corrected chi connectivity index (χ1v) is 11.3. The molecule has 6 nitrogen and oxygen atoms in total. The Bertz CT molecular complexity index is 756. The molecular formula is C16H28N2O4S2. The summed E-state index contributed by atoms with van der Waals surface area (Å²) in [5, 5.41) is 0. The van der Waals surface area contributed by atoms with Gasteiger partial charge in [0.2, 0.25) is 20.0 Å². The van der Waals surface area contributed by atoms with E-state index in [9.17, 15) is 16.8 Å². The number of rotatable bonds is 9. The Balaban J connectivity index is 2.73. The van der Waals surface area contributed by atoms with E-state index in [0.717, 1.165) is 23.8 Å². The van der Waals surface area contributed by atoms with Crippen molar-refractivity contribution in [1.82, 2.24) is 9.03 Å². The lowest BCUT2D eigenvalue weighted by atomic mass is 10.1. The number of nitrogens with zero attached hydrogens (tertiary/aromatic N) is 1. The summed E-state index contributed by atoms with van der Waals surface area (Å²) in [6.07, 6.45) is 1.88. The van der Waals surface area contributed by atoms with Crippen molar-refractivity contribution in [2.75, 3.05) is 25.9 Å². The second kappa shape index (κ2) is 8.42. The first kappa shape index (κ1) is 21.1. The van der Waals surface area contributed by atoms with Crippen LogP contribution in [0.5, 0.6) is 0 Å². The summed E-state index contributed by atoms with van der Waals surface area (Å²) in [5.74, 6) is 0.376. The van der Waals surface area contributed by atoms with Crippen LogP contribution >= 0.6 is 0 Å². The second-order valence-electron chi connectivity index (χ2n) is 6.49. The number of aryl methyl sites for hydroxylation is 2. The molecule has 8 heteroatoms. The van der Waals surface area contributed by atoms with E-state index >= 15 is 0 Å². The molecule has 0 bridgehead atoms. The largest absolute Gasteiger partial charge is 0.240 e. The highest BCUT2D eigenvalue weighted by Gasteiger charge is 2.19. The molecule has 0 aliphatic carbocycles. The molecule has 0 heterocycles. The zero-order valence-electron chi connectivity index (χ0n) is 15.0. The van der Waals surface area contributed by atoms with Gasteiger partial charge in [-0.2, -0.15) is 0 Å². The molecule has 1 aromatic rings. The van der Waals surface area contributed by atoms with E-state index in [0.29, 0.717) is 12.5 Å². The Labute approximate surface area is 146 Å². The molecular weight excluding hydrogens is 348 g/mol. The molecule has 0 aliphatic rings. The smallest absolute Gasteiger partial charge is 0.213 e. The van der Waals surface area contributed by atoms with Crippen LogP contribution in [0.2, 0.25) is 0 Å². The standard InChI is InChI=1S/C16H28N2O4S2/c1-13(2)8-10-18(23(5,19)20)11-9-17-24(21,22)16-7-6-14(3)15(4)12-16/h6-7,12-13,17H,8-11H2,1-5H3. The van der Waals surface area contributed by atoms with Crippen LogP contribution < -0.4 is 4.72 Å². The predicted octanol–water partition coefficient (Wildman–Crippen LogP) is 1.89. The maximum Gasteiger partial charge on any atom is 0.240 e. The van der Waals surface area contributed by atoms with E-state index < -0.39 is 20.0 Å². The molecule has 0 aromatic heterocycles. The first-order chi connectivity index (χ1) is 10.9. The lowest BCUT2D eigenvalue weighted by Crippen LogP contribution is -2.38. The molecule has 1 aromatic carbocycles. The third-order valence-corrected chi connectivity index (χ3v) is 6.63. The Morgan fingerprint density at radius 3 is 2.17 bits per heavy atom. The zero-order chi connectivity index (χ0) is 18.5. The first-order valence-electron chi connectivity index (χ1n) is 7.95. The van der Waals surface area contributed by atoms with Crippen molar-refractivity contribution >= 4 is 20.0 Å². The molecule has 0 unspecified atom stereocenters. The van der Waals surface area contributed by atoms with Gasteiger partial charge in [-0.05, 0) is 49.4 Å². The summed E-state index contributed by atoms with van der Waals surface area (Å²) in [5.41, 5.74) is 1.92. The lowest BCUT2D eigenvalue weighted by molar-refractivity contribution is 0.385. The summed E-state index contributed by atoms with van der Waals surface area (Å²) >= 11 is 0. The Morgan fingerprint density at radius 2 is 1.67 bits per heavy atom. The van der Waals surface area contributed by atoms with Crippen LogP contribution in [0.3, 0.4) is 0 Å². The summed E-state index contributed by atoms with van der Waals surface area (Å²) in [6.45, 7) is 8.35. The normalized spacial score (nSPS) is 13.0. The summed E-state index contributed by atoms with van der Waals surface area (Å²) < 4.78 is 52.0. The van der Waals surface area contributed by atoms with Crippen LogP contribution in [0.15, 0.2) is 23.1 Å². The molecule has 0 saturated carbocycles. The number of hydrogen-bond donors (Lipinski definition) is 1. The number of hydrogen-bond acceptors (Lipinski definition) is 4. The number of nitrogens with one attached hydrogen (secondary N) is 1. The summed E-state index contributed by atoms with van der Waals surface area (Å²) in [6, 6.07) is 4.93. The van der Waals surface area contributed by atoms with E-state index in [1.165, 1.54) is 4.31 Å². The minimum Gasteiger partial charge on any atom is -0.213 e. The van der Waals surface area contributed by atoms with Gasteiger partial charge in [0.25, 0.3) is 0 Å². The van der Waals surface area contributed by atoms with Crippen molar-refractivity contribution in [1.29, 1.82) is 0 Å². The van der Waals surface area contributed by atoms with E-state index in [1.54, 1.807) is 18.2 Å². The maximum absolute atomic E-state index is 12.3. The zero-order valence-corrected chi connectivity index (χ0v) is 16.7. The van der Waals surface area contributed by atoms with E-state index in [2.05, 4.69) is 4.72 Å². The molecule has 1 N–H and O–H groups in total. The second-order valence-corrected chi connectivity index (χ2v) is 10.2. The Morgan fingerprint density at radius 1 is 1.04 bits per heavy atom. The van der Waals surface area contributed by atoms with Crippen LogP contribution in [0.1, 0.15) is 31.4 Å². The van der Waals surface area contributed by atoms with Crippen LogP contribution in [0.4, 0.5) is 0 Å². The van der Waals surface area contributed by atoms with Gasteiger partial charge in [-0.25, -0.2) is 25.9 Å². The minimum atomic E-state index is -3.64. The van der Waals surface area contributed by atoms with Gasteiger partial charge in [-0.15, -0.1) is 0 Å². The van der Waals surface area contributed by atoms with Crippen LogP contribution in [-0.2, 0) is 20.0 Å². The highest BCUT2D eigenvalue weighted by Crippen LogP contribution is 2.14. The van der Waals surface area contributed by atoms with E-state index in [-0.39, 0.29) is 18.0 Å². The molecule has 1 rings (SSSR count). The molecule has 0 atom stereocenters. The predicted molar refractivity (Wildman–Crippen MR) is 97.0 cm³/mol. The van der Waals surface area contributed by atoms with Gasteiger partial charge in [0.05, 0.1) is 11.2 Å². The van der Waals surface area contributed by atoms with Crippen LogP contribution in [-0.4, -0.2) is 47.0 Å². The van der Waals surface area contributed by atoms with Gasteiger partial charge in [0, 0.05) is 19.6 Å². The fourth-order valence-electron chi connectivity index (χ4n) is 2.11. The molecule has 0 aliphatic heterocycles. The van der Waals surface area contributed by atoms with Crippen LogP contribution in [0.25, 0.3) is 0 Å². The van der Waals surface area contributed by atoms with E-state index in [1.807, 2.05) is 27.7 Å². The third-order valence-electron chi connectivity index (χ3n) is 3.87. The topological polar surface area (TPSA) is 83.6 Å². The molecule has 0 radical (unpaired) electrons. The SMILES string of the molecule is Cc1ccc(S(=O)(=O)NCCN(CCC(C)C)S(C)(=O)=O)cc1C. The quantitative estimate of drug-likeness (QED) is 0.713. The van der Waals surface area contributed by atoms with Crippen molar-refractivity contribution < 1.29 is 16.8 Å². The Hall–Kier alpha value is -0.960. The van der Waals surface area contributed by atoms with Gasteiger partial charge >= 0.3 is 0 Å². The van der Waals surface area contributed by atoms with Gasteiger partial charge < -0.3 is 0 Å². The molecule has 0 amide bonds. The van der Waals surface area contributed by atoms with Gasteiger partial charge in [0.1, 0.15) is 0 Å². The van der Waals surface area contributed by atoms with Gasteiger partial charge in [-0.3, -0.25) is 0 Å². The lowest BCUT2D eigenvalue weighted by Gasteiger charge is -2.21. The average Bonchev–Trinajstić information content (AvgIpc) is 2.43. The molecule has 0 saturated heterocycles. The summed E-state index contributed by atoms with van der Waals surface area (Å²) in [4.78, 5) is 0.193. The molecule has 0 fully saturated rings. The number of benzene rings is 1. The van der Waals surface area contributed by atoms with Crippen molar-refractivity contribution in [3.8, 4) is 0 Å². The summed E-state index contributed by atoms with van der Waals surface area (Å²) in [7, 11) is -7.00. The minimum absolute atomic E-state index is 0.0421. The molecule has 24 heavy (non-hydrogen) atoms. The van der Waals surface area contributed by atoms with E-state index in [4.69, 9.17) is 0 Å². The van der Waals surface area contributed by atoms with Crippen LogP contribution in [0, 0.1) is 19.8 Å². The maximum atomic E-state index is 12.3. The van der Waals surface area contributed by atoms with Gasteiger partial charge in [0.15, 0.2) is 0 Å². The molecule has 138 valence electrons. The van der Waals surface area contributed by atoms with Crippen molar-refractivity contribution in [3.05, 3.63) is 29.3 Å². The fourth-order valence-corrected chi connectivity index (χ4v) is 4.08. The fraction of sp³-hybridized carbons (Fsp3) is 0.625. The number of sulfonamides is 2. The highest BCUT2D eigenvalue weighted by molar-refractivity contribution is 7.89. The highest BCUT2D eigenvalue weighted by atomic mass is 32.2. The third kappa shape index (κ3) is 6.51. The van der Waals surface area contributed by atoms with Crippen molar-refractivity contribution in [3.63, 3.8) is 0 Å². The average molecular weight is 377 g/mol.